The summed E-state index contributed by atoms with van der Waals surface area (Å²) in [6, 6.07) is 24.5. The zero-order chi connectivity index (χ0) is 35.7. The fourth-order valence-electron chi connectivity index (χ4n) is 5.13. The smallest absolute Gasteiger partial charge is 0.273 e. The number of anilines is 1. The van der Waals surface area contributed by atoms with Crippen molar-refractivity contribution in [2.45, 2.75) is 57.1 Å². The highest BCUT2D eigenvalue weighted by Gasteiger charge is 2.35. The molecule has 4 rings (SSSR count). The summed E-state index contributed by atoms with van der Waals surface area (Å²) in [5.41, 5.74) is 1.48. The van der Waals surface area contributed by atoms with E-state index in [9.17, 15) is 28.1 Å². The van der Waals surface area contributed by atoms with Crippen LogP contribution < -0.4 is 14.4 Å². The van der Waals surface area contributed by atoms with Crippen LogP contribution in [-0.2, 0) is 32.6 Å². The molecule has 0 fully saturated rings. The Balaban J connectivity index is 1.84. The first-order chi connectivity index (χ1) is 23.3. The zero-order valence-electron chi connectivity index (χ0n) is 27.7. The third-order valence-electron chi connectivity index (χ3n) is 8.14. The lowest BCUT2D eigenvalue weighted by molar-refractivity contribution is -0.385. The van der Waals surface area contributed by atoms with Gasteiger partial charge in [-0.1, -0.05) is 67.1 Å². The number of carbonyl (C=O) groups is 2. The normalized spacial score (nSPS) is 12.4. The molecule has 4 aromatic rings. The van der Waals surface area contributed by atoms with Gasteiger partial charge in [-0.15, -0.1) is 0 Å². The van der Waals surface area contributed by atoms with Crippen LogP contribution in [-0.4, -0.2) is 55.8 Å². The molecule has 13 heteroatoms. The Hall–Kier alpha value is -4.94. The van der Waals surface area contributed by atoms with Crippen molar-refractivity contribution in [2.24, 2.45) is 0 Å². The maximum atomic E-state index is 14.6. The number of hydrogen-bond donors (Lipinski definition) is 1. The highest BCUT2D eigenvalue weighted by atomic mass is 35.5. The summed E-state index contributed by atoms with van der Waals surface area (Å²) in [6.45, 7) is 4.55. The van der Waals surface area contributed by atoms with Crippen LogP contribution in [0.3, 0.4) is 0 Å². The Kier molecular flexibility index (Phi) is 12.4. The first-order valence-electron chi connectivity index (χ1n) is 15.6. The second kappa shape index (κ2) is 16.4. The van der Waals surface area contributed by atoms with Gasteiger partial charge in [0, 0.05) is 35.7 Å². The number of rotatable bonds is 15. The third kappa shape index (κ3) is 9.36. The molecule has 0 saturated carbocycles. The largest absolute Gasteiger partial charge is 0.497 e. The van der Waals surface area contributed by atoms with Gasteiger partial charge in [-0.05, 0) is 73.9 Å². The fourth-order valence-corrected chi connectivity index (χ4v) is 6.69. The first kappa shape index (κ1) is 36.9. The van der Waals surface area contributed by atoms with Crippen LogP contribution in [0.4, 0.5) is 11.4 Å². The van der Waals surface area contributed by atoms with Crippen LogP contribution in [0.25, 0.3) is 0 Å². The van der Waals surface area contributed by atoms with E-state index in [4.69, 9.17) is 16.3 Å². The van der Waals surface area contributed by atoms with Crippen molar-refractivity contribution in [2.75, 3.05) is 18.0 Å². The quantitative estimate of drug-likeness (QED) is 0.113. The first-order valence-corrected chi connectivity index (χ1v) is 17.5. The van der Waals surface area contributed by atoms with Gasteiger partial charge in [-0.3, -0.25) is 24.0 Å². The molecule has 4 aromatic carbocycles. The van der Waals surface area contributed by atoms with E-state index in [1.807, 2.05) is 44.2 Å². The van der Waals surface area contributed by atoms with E-state index in [2.05, 4.69) is 5.32 Å². The number of nitro groups is 1. The van der Waals surface area contributed by atoms with Crippen LogP contribution in [0.1, 0.15) is 37.0 Å². The van der Waals surface area contributed by atoms with E-state index < -0.39 is 39.3 Å². The summed E-state index contributed by atoms with van der Waals surface area (Å²) in [5, 5.41) is 15.2. The number of methoxy groups -OCH3 is 1. The molecule has 0 aliphatic heterocycles. The number of benzene rings is 4. The van der Waals surface area contributed by atoms with Crippen molar-refractivity contribution < 1.29 is 27.7 Å². The fraction of sp³-hybridized carbons (Fsp3) is 0.278. The van der Waals surface area contributed by atoms with E-state index >= 15 is 0 Å². The maximum absolute atomic E-state index is 14.6. The van der Waals surface area contributed by atoms with Crippen molar-refractivity contribution in [1.82, 2.24) is 10.2 Å². The summed E-state index contributed by atoms with van der Waals surface area (Å²) in [6.07, 6.45) is 0.809. The van der Waals surface area contributed by atoms with E-state index in [1.165, 1.54) is 43.2 Å². The van der Waals surface area contributed by atoms with Gasteiger partial charge in [0.15, 0.2) is 0 Å². The van der Waals surface area contributed by atoms with Crippen molar-refractivity contribution in [3.05, 3.63) is 129 Å². The summed E-state index contributed by atoms with van der Waals surface area (Å²) in [4.78, 5) is 40.6. The molecule has 49 heavy (non-hydrogen) atoms. The van der Waals surface area contributed by atoms with Gasteiger partial charge in [0.1, 0.15) is 18.3 Å². The number of hydrogen-bond acceptors (Lipinski definition) is 7. The highest BCUT2D eigenvalue weighted by molar-refractivity contribution is 7.92. The van der Waals surface area contributed by atoms with Crippen molar-refractivity contribution in [1.29, 1.82) is 0 Å². The number of aryl methyl sites for hydroxylation is 1. The Morgan fingerprint density at radius 3 is 2.20 bits per heavy atom. The van der Waals surface area contributed by atoms with Crippen molar-refractivity contribution in [3.8, 4) is 5.75 Å². The highest BCUT2D eigenvalue weighted by Crippen LogP contribution is 2.30. The number of ether oxygens (including phenoxy) is 1. The lowest BCUT2D eigenvalue weighted by Crippen LogP contribution is -2.54. The zero-order valence-corrected chi connectivity index (χ0v) is 29.3. The van der Waals surface area contributed by atoms with E-state index in [-0.39, 0.29) is 40.8 Å². The van der Waals surface area contributed by atoms with Crippen LogP contribution in [0.5, 0.6) is 5.75 Å². The Labute approximate surface area is 291 Å². The molecule has 11 nitrogen and oxygen atoms in total. The molecule has 0 bridgehead atoms. The average molecular weight is 707 g/mol. The maximum Gasteiger partial charge on any atom is 0.273 e. The monoisotopic (exact) mass is 706 g/mol. The SMILES string of the molecule is CC[C@H](C)NC(=O)[C@@H](Cc1ccccc1)N(Cc1ccc(Cl)cc1)C(=O)CN(c1ccc(OC)cc1)S(=O)(=O)c1ccc(C)c([N+](=O)[O-])c1. The summed E-state index contributed by atoms with van der Waals surface area (Å²) >= 11 is 6.14. The standard InChI is InChI=1S/C36H39ClN4O7S/c1-5-26(3)38-36(43)34(21-27-9-7-6-8-10-27)39(23-28-12-14-29(37)15-13-28)35(42)24-40(30-16-18-31(48-4)19-17-30)49(46,47)32-20-11-25(2)33(22-32)41(44)45/h6-20,22,26,34H,5,21,23-24H2,1-4H3,(H,38,43)/t26-,34+/m0/s1. The molecule has 0 spiro atoms. The molecule has 258 valence electrons. The molecule has 0 aliphatic rings. The summed E-state index contributed by atoms with van der Waals surface area (Å²) < 4.78 is 34.8. The molecule has 1 N–H and O–H groups in total. The second-order valence-electron chi connectivity index (χ2n) is 11.6. The van der Waals surface area contributed by atoms with Gasteiger partial charge >= 0.3 is 0 Å². The molecule has 2 amide bonds. The van der Waals surface area contributed by atoms with Gasteiger partial charge in [0.05, 0.1) is 22.6 Å². The average Bonchev–Trinajstić information content (AvgIpc) is 3.09. The van der Waals surface area contributed by atoms with E-state index in [0.717, 1.165) is 15.9 Å². The van der Waals surface area contributed by atoms with Crippen LogP contribution >= 0.6 is 11.6 Å². The van der Waals surface area contributed by atoms with Crippen LogP contribution in [0.15, 0.2) is 102 Å². The summed E-state index contributed by atoms with van der Waals surface area (Å²) in [7, 11) is -3.10. The minimum absolute atomic E-state index is 0.0338. The number of halogens is 1. The Morgan fingerprint density at radius 1 is 0.959 bits per heavy atom. The van der Waals surface area contributed by atoms with Crippen LogP contribution in [0.2, 0.25) is 5.02 Å². The second-order valence-corrected chi connectivity index (χ2v) is 13.9. The van der Waals surface area contributed by atoms with Crippen molar-refractivity contribution >= 4 is 44.8 Å². The minimum Gasteiger partial charge on any atom is -0.497 e. The molecule has 0 aromatic heterocycles. The Bertz CT molecular complexity index is 1870. The number of nitro benzene ring substituents is 1. The number of nitrogens with zero attached hydrogens (tertiary/aromatic N) is 3. The lowest BCUT2D eigenvalue weighted by Gasteiger charge is -2.34. The topological polar surface area (TPSA) is 139 Å². The Morgan fingerprint density at radius 2 is 1.61 bits per heavy atom. The molecule has 0 heterocycles. The minimum atomic E-state index is -4.56. The van der Waals surface area contributed by atoms with E-state index in [0.29, 0.717) is 22.8 Å². The number of amides is 2. The van der Waals surface area contributed by atoms with Gasteiger partial charge in [0.2, 0.25) is 11.8 Å². The lowest BCUT2D eigenvalue weighted by atomic mass is 10.0. The summed E-state index contributed by atoms with van der Waals surface area (Å²) in [5.74, 6) is -0.614. The van der Waals surface area contributed by atoms with E-state index in [1.54, 1.807) is 36.4 Å². The van der Waals surface area contributed by atoms with Gasteiger partial charge in [0.25, 0.3) is 15.7 Å². The molecule has 0 aliphatic carbocycles. The molecule has 2 atom stereocenters. The number of carbonyl (C=O) groups excluding carboxylic acids is 2. The number of sulfonamides is 1. The molecule has 0 saturated heterocycles. The predicted octanol–water partition coefficient (Wildman–Crippen LogP) is 6.32. The van der Waals surface area contributed by atoms with Gasteiger partial charge < -0.3 is 15.0 Å². The third-order valence-corrected chi connectivity index (χ3v) is 10.2. The molecule has 0 radical (unpaired) electrons. The van der Waals surface area contributed by atoms with Crippen LogP contribution in [0, 0.1) is 17.0 Å². The van der Waals surface area contributed by atoms with Crippen molar-refractivity contribution in [3.63, 3.8) is 0 Å². The number of nitrogens with one attached hydrogen (secondary N) is 1. The molecular formula is C36H39ClN4O7S. The van der Waals surface area contributed by atoms with Gasteiger partial charge in [-0.2, -0.15) is 0 Å². The molecular weight excluding hydrogens is 668 g/mol. The predicted molar refractivity (Wildman–Crippen MR) is 189 cm³/mol. The molecule has 0 unspecified atom stereocenters. The van der Waals surface area contributed by atoms with Gasteiger partial charge in [-0.25, -0.2) is 8.42 Å².